The quantitative estimate of drug-likeness (QED) is 0.445. The minimum absolute atomic E-state index is 0.297. The van der Waals surface area contributed by atoms with Crippen LogP contribution in [0.4, 0.5) is 0 Å². The first-order valence-electron chi connectivity index (χ1n) is 4.19. The van der Waals surface area contributed by atoms with Crippen molar-refractivity contribution < 1.29 is 24.2 Å². The second kappa shape index (κ2) is 4.08. The molecule has 1 fully saturated rings. The van der Waals surface area contributed by atoms with E-state index in [1.807, 2.05) is 0 Å². The number of carboxylic acid groups (broad SMARTS) is 1. The number of hydrogen-bond donors (Lipinski definition) is 1. The van der Waals surface area contributed by atoms with Gasteiger partial charge in [-0.2, -0.15) is 0 Å². The van der Waals surface area contributed by atoms with E-state index in [2.05, 4.69) is 4.74 Å². The summed E-state index contributed by atoms with van der Waals surface area (Å²) in [5.41, 5.74) is 0. The molecule has 0 aliphatic carbocycles. The molecule has 0 radical (unpaired) electrons. The zero-order valence-electron chi connectivity index (χ0n) is 7.73. The number of likely N-dealkylation sites (tertiary alicyclic amines) is 1. The molecule has 1 N–H and O–H groups in total. The summed E-state index contributed by atoms with van der Waals surface area (Å²) in [5, 5.41) is 8.47. The second-order valence-electron chi connectivity index (χ2n) is 2.98. The zero-order chi connectivity index (χ0) is 10.7. The zero-order valence-corrected chi connectivity index (χ0v) is 7.73. The second-order valence-corrected chi connectivity index (χ2v) is 2.98. The molecule has 0 aromatic rings. The Kier molecular flexibility index (Phi) is 3.06. The van der Waals surface area contributed by atoms with Crippen LogP contribution in [0, 0.1) is 0 Å². The number of amides is 1. The molecule has 1 rings (SSSR count). The topological polar surface area (TPSA) is 83.9 Å². The average Bonchev–Trinajstić information content (AvgIpc) is 2.63. The largest absolute Gasteiger partial charge is 0.474 e. The molecule has 1 atom stereocenters. The van der Waals surface area contributed by atoms with Gasteiger partial charge < -0.3 is 14.7 Å². The highest BCUT2D eigenvalue weighted by Gasteiger charge is 2.37. The summed E-state index contributed by atoms with van der Waals surface area (Å²) in [6.45, 7) is 0.297. The lowest BCUT2D eigenvalue weighted by atomic mass is 10.2. The molecule has 0 aromatic heterocycles. The minimum atomic E-state index is -1.54. The Morgan fingerprint density at radius 1 is 1.43 bits per heavy atom. The van der Waals surface area contributed by atoms with Gasteiger partial charge in [0.2, 0.25) is 0 Å². The predicted octanol–water partition coefficient (Wildman–Crippen LogP) is -0.765. The van der Waals surface area contributed by atoms with E-state index in [0.29, 0.717) is 19.4 Å². The summed E-state index contributed by atoms with van der Waals surface area (Å²) in [5.74, 6) is -3.14. The van der Waals surface area contributed by atoms with Gasteiger partial charge in [0.05, 0.1) is 7.11 Å². The summed E-state index contributed by atoms with van der Waals surface area (Å²) < 4.78 is 4.47. The molecule has 14 heavy (non-hydrogen) atoms. The fraction of sp³-hybridized carbons (Fsp3) is 0.625. The third-order valence-electron chi connectivity index (χ3n) is 2.17. The van der Waals surface area contributed by atoms with Crippen molar-refractivity contribution in [1.82, 2.24) is 4.90 Å². The number of nitrogens with zero attached hydrogens (tertiary/aromatic N) is 1. The number of methoxy groups -OCH3 is 1. The molecule has 1 heterocycles. The first-order chi connectivity index (χ1) is 6.57. The summed E-state index contributed by atoms with van der Waals surface area (Å²) in [7, 11) is 1.21. The van der Waals surface area contributed by atoms with Crippen LogP contribution in [0.3, 0.4) is 0 Å². The summed E-state index contributed by atoms with van der Waals surface area (Å²) in [4.78, 5) is 33.7. The van der Waals surface area contributed by atoms with Crippen molar-refractivity contribution >= 4 is 17.8 Å². The van der Waals surface area contributed by atoms with E-state index in [1.165, 1.54) is 7.11 Å². The fourth-order valence-electron chi connectivity index (χ4n) is 1.51. The van der Waals surface area contributed by atoms with Crippen LogP contribution in [-0.4, -0.2) is 47.5 Å². The van der Waals surface area contributed by atoms with E-state index >= 15 is 0 Å². The van der Waals surface area contributed by atoms with Crippen LogP contribution >= 0.6 is 0 Å². The maximum absolute atomic E-state index is 11.1. The molecule has 1 saturated heterocycles. The Bertz CT molecular complexity index is 275. The van der Waals surface area contributed by atoms with Crippen molar-refractivity contribution in [1.29, 1.82) is 0 Å². The number of carbonyl (C=O) groups is 3. The SMILES string of the molecule is COC(=O)[C@@H]1CCCN1C(=O)C(=O)O. The summed E-state index contributed by atoms with van der Waals surface area (Å²) >= 11 is 0. The van der Waals surface area contributed by atoms with Crippen LogP contribution < -0.4 is 0 Å². The molecule has 0 spiro atoms. The number of ether oxygens (including phenoxy) is 1. The molecule has 1 aliphatic rings. The molecular weight excluding hydrogens is 190 g/mol. The number of rotatable bonds is 1. The molecule has 0 bridgehead atoms. The Morgan fingerprint density at radius 3 is 2.57 bits per heavy atom. The van der Waals surface area contributed by atoms with Crippen LogP contribution in [0.1, 0.15) is 12.8 Å². The smallest absolute Gasteiger partial charge is 0.394 e. The Hall–Kier alpha value is -1.59. The van der Waals surface area contributed by atoms with Gasteiger partial charge in [0.15, 0.2) is 0 Å². The van der Waals surface area contributed by atoms with Crippen LogP contribution in [0.5, 0.6) is 0 Å². The lowest BCUT2D eigenvalue weighted by Crippen LogP contribution is -2.44. The van der Waals surface area contributed by atoms with E-state index in [4.69, 9.17) is 5.11 Å². The first-order valence-corrected chi connectivity index (χ1v) is 4.19. The number of carbonyl (C=O) groups excluding carboxylic acids is 2. The van der Waals surface area contributed by atoms with Crippen LogP contribution in [0.2, 0.25) is 0 Å². The van der Waals surface area contributed by atoms with Gasteiger partial charge in [0.25, 0.3) is 0 Å². The Labute approximate surface area is 80.4 Å². The van der Waals surface area contributed by atoms with Gasteiger partial charge in [-0.25, -0.2) is 9.59 Å². The average molecular weight is 201 g/mol. The summed E-state index contributed by atoms with van der Waals surface area (Å²) in [6.07, 6.45) is 1.09. The maximum Gasteiger partial charge on any atom is 0.394 e. The summed E-state index contributed by atoms with van der Waals surface area (Å²) in [6, 6.07) is -0.733. The molecule has 6 heteroatoms. The van der Waals surface area contributed by atoms with Crippen molar-refractivity contribution in [3.05, 3.63) is 0 Å². The van der Waals surface area contributed by atoms with Gasteiger partial charge in [-0.1, -0.05) is 0 Å². The third kappa shape index (κ3) is 1.84. The number of esters is 1. The van der Waals surface area contributed by atoms with Gasteiger partial charge >= 0.3 is 17.8 Å². The maximum atomic E-state index is 11.1. The normalized spacial score (nSPS) is 20.6. The molecule has 1 amide bonds. The Morgan fingerprint density at radius 2 is 2.07 bits per heavy atom. The van der Waals surface area contributed by atoms with Crippen molar-refractivity contribution in [2.75, 3.05) is 13.7 Å². The number of aliphatic carboxylic acids is 1. The molecular formula is C8H11NO5. The highest BCUT2D eigenvalue weighted by atomic mass is 16.5. The van der Waals surface area contributed by atoms with Crippen molar-refractivity contribution in [2.24, 2.45) is 0 Å². The standard InChI is InChI=1S/C8H11NO5/c1-14-8(13)5-3-2-4-9(5)6(10)7(11)12/h5H,2-4H2,1H3,(H,11,12)/t5-/m0/s1. The third-order valence-corrected chi connectivity index (χ3v) is 2.17. The molecule has 1 aliphatic heterocycles. The predicted molar refractivity (Wildman–Crippen MR) is 44.4 cm³/mol. The van der Waals surface area contributed by atoms with Crippen molar-refractivity contribution in [2.45, 2.75) is 18.9 Å². The highest BCUT2D eigenvalue weighted by molar-refractivity contribution is 6.31. The highest BCUT2D eigenvalue weighted by Crippen LogP contribution is 2.18. The minimum Gasteiger partial charge on any atom is -0.474 e. The van der Waals surface area contributed by atoms with Gasteiger partial charge in [-0.05, 0) is 12.8 Å². The van der Waals surface area contributed by atoms with Gasteiger partial charge in [0, 0.05) is 6.54 Å². The number of hydrogen-bond acceptors (Lipinski definition) is 4. The van der Waals surface area contributed by atoms with Crippen LogP contribution in [-0.2, 0) is 19.1 Å². The Balaban J connectivity index is 2.73. The van der Waals surface area contributed by atoms with Crippen molar-refractivity contribution in [3.63, 3.8) is 0 Å². The molecule has 0 unspecified atom stereocenters. The van der Waals surface area contributed by atoms with E-state index in [-0.39, 0.29) is 0 Å². The lowest BCUT2D eigenvalue weighted by Gasteiger charge is -2.20. The van der Waals surface area contributed by atoms with Gasteiger partial charge in [-0.3, -0.25) is 4.79 Å². The van der Waals surface area contributed by atoms with Crippen molar-refractivity contribution in [3.8, 4) is 0 Å². The van der Waals surface area contributed by atoms with E-state index < -0.39 is 23.9 Å². The van der Waals surface area contributed by atoms with Crippen LogP contribution in [0.15, 0.2) is 0 Å². The van der Waals surface area contributed by atoms with Crippen LogP contribution in [0.25, 0.3) is 0 Å². The molecule has 78 valence electrons. The molecule has 6 nitrogen and oxygen atoms in total. The van der Waals surface area contributed by atoms with E-state index in [9.17, 15) is 14.4 Å². The number of carboxylic acids is 1. The monoisotopic (exact) mass is 201 g/mol. The molecule has 0 aromatic carbocycles. The molecule has 0 saturated carbocycles. The van der Waals surface area contributed by atoms with E-state index in [1.54, 1.807) is 0 Å². The lowest BCUT2D eigenvalue weighted by molar-refractivity contribution is -0.160. The fourth-order valence-corrected chi connectivity index (χ4v) is 1.51. The van der Waals surface area contributed by atoms with Gasteiger partial charge in [0.1, 0.15) is 6.04 Å². The van der Waals surface area contributed by atoms with Gasteiger partial charge in [-0.15, -0.1) is 0 Å². The first kappa shape index (κ1) is 10.5. The van der Waals surface area contributed by atoms with E-state index in [0.717, 1.165) is 4.90 Å².